The summed E-state index contributed by atoms with van der Waals surface area (Å²) in [5, 5.41) is 2.72. The quantitative estimate of drug-likeness (QED) is 0.502. The van der Waals surface area contributed by atoms with Gasteiger partial charge in [-0.25, -0.2) is 19.0 Å². The first-order valence-corrected chi connectivity index (χ1v) is 5.42. The first-order chi connectivity index (χ1) is 9.22. The highest BCUT2D eigenvalue weighted by molar-refractivity contribution is 5.96. The van der Waals surface area contributed by atoms with Crippen molar-refractivity contribution in [2.75, 3.05) is 13.1 Å². The van der Waals surface area contributed by atoms with Crippen LogP contribution in [-0.4, -0.2) is 36.2 Å². The number of nitrogens with zero attached hydrogens (tertiary/aromatic N) is 1. The molecule has 1 aromatic heterocycles. The maximum absolute atomic E-state index is 13.9. The number of pyridine rings is 1. The van der Waals surface area contributed by atoms with Crippen LogP contribution in [0, 0.1) is 0 Å². The first kappa shape index (κ1) is 14.4. The van der Waals surface area contributed by atoms with E-state index in [2.05, 4.69) is 15.0 Å². The van der Waals surface area contributed by atoms with Gasteiger partial charge in [-0.15, -0.1) is 0 Å². The molecule has 0 bridgehead atoms. The Morgan fingerprint density at radius 3 is 2.35 bits per heavy atom. The number of hydrogen-bond acceptors (Lipinski definition) is 5. The highest BCUT2D eigenvalue weighted by Gasteiger charge is 2.43. The molecule has 1 aliphatic heterocycles. The zero-order chi connectivity index (χ0) is 15.0. The van der Waals surface area contributed by atoms with Crippen LogP contribution in [0.2, 0.25) is 0 Å². The highest BCUT2D eigenvalue weighted by atomic mass is 19.4. The summed E-state index contributed by atoms with van der Waals surface area (Å²) in [6.07, 6.45) is -4.24. The molecule has 9 heteroatoms. The first-order valence-electron chi connectivity index (χ1n) is 5.42. The van der Waals surface area contributed by atoms with Crippen molar-refractivity contribution in [2.45, 2.75) is 11.8 Å². The van der Waals surface area contributed by atoms with Crippen LogP contribution in [0.5, 0.6) is 0 Å². The number of hydrogen-bond donors (Lipinski definition) is 1. The van der Waals surface area contributed by atoms with Crippen LogP contribution in [0.1, 0.15) is 16.1 Å². The van der Waals surface area contributed by atoms with Gasteiger partial charge in [-0.3, -0.25) is 0 Å². The fourth-order valence-electron chi connectivity index (χ4n) is 1.52. The van der Waals surface area contributed by atoms with Gasteiger partial charge in [0, 0.05) is 24.8 Å². The van der Waals surface area contributed by atoms with E-state index in [1.807, 2.05) is 0 Å². The smallest absolute Gasteiger partial charge is 0.381 e. The molecule has 1 fully saturated rings. The number of aromatic nitrogens is 1. The summed E-state index contributed by atoms with van der Waals surface area (Å²) in [6.45, 7) is 0.177. The van der Waals surface area contributed by atoms with E-state index in [-0.39, 0.29) is 18.7 Å². The molecule has 1 saturated heterocycles. The van der Waals surface area contributed by atoms with Crippen molar-refractivity contribution in [1.29, 1.82) is 0 Å². The lowest BCUT2D eigenvalue weighted by Gasteiger charge is -2.34. The second-order valence-corrected chi connectivity index (χ2v) is 4.18. The highest BCUT2D eigenvalue weighted by Crippen LogP contribution is 2.29. The lowest BCUT2D eigenvalue weighted by Crippen LogP contribution is -2.53. The molecule has 20 heavy (non-hydrogen) atoms. The van der Waals surface area contributed by atoms with E-state index in [4.69, 9.17) is 0 Å². The van der Waals surface area contributed by atoms with E-state index >= 15 is 0 Å². The van der Waals surface area contributed by atoms with Crippen molar-refractivity contribution >= 4 is 11.9 Å². The fourth-order valence-corrected chi connectivity index (χ4v) is 1.52. The van der Waals surface area contributed by atoms with Gasteiger partial charge in [0.1, 0.15) is 5.69 Å². The fraction of sp³-hybridized carbons (Fsp3) is 0.364. The van der Waals surface area contributed by atoms with E-state index in [1.165, 1.54) is 6.07 Å². The molecule has 2 heterocycles. The Morgan fingerprint density at radius 2 is 1.95 bits per heavy atom. The normalized spacial score (nSPS) is 17.2. The maximum atomic E-state index is 13.9. The molecule has 0 amide bonds. The molecule has 1 aromatic rings. The van der Waals surface area contributed by atoms with Gasteiger partial charge < -0.3 is 10.1 Å². The molecule has 1 aliphatic rings. The van der Waals surface area contributed by atoms with Crippen LogP contribution in [0.4, 0.5) is 17.6 Å². The Hall–Kier alpha value is -2.03. The largest absolute Gasteiger partial charge is 0.491 e. The molecule has 0 aromatic carbocycles. The summed E-state index contributed by atoms with van der Waals surface area (Å²) in [7, 11) is 0. The Morgan fingerprint density at radius 1 is 1.30 bits per heavy atom. The van der Waals surface area contributed by atoms with Crippen LogP contribution in [0.25, 0.3) is 0 Å². The second-order valence-electron chi connectivity index (χ2n) is 4.18. The number of halogens is 4. The number of nitrogens with one attached hydrogen (secondary N) is 1. The summed E-state index contributed by atoms with van der Waals surface area (Å²) < 4.78 is 53.2. The number of rotatable bonds is 2. The zero-order valence-corrected chi connectivity index (χ0v) is 9.83. The Bertz CT molecular complexity index is 538. The van der Waals surface area contributed by atoms with Crippen molar-refractivity contribution in [3.05, 3.63) is 29.6 Å². The van der Waals surface area contributed by atoms with E-state index in [0.29, 0.717) is 0 Å². The predicted octanol–water partition coefficient (Wildman–Crippen LogP) is 1.10. The van der Waals surface area contributed by atoms with Crippen molar-refractivity contribution in [1.82, 2.24) is 10.3 Å². The van der Waals surface area contributed by atoms with Gasteiger partial charge in [0.15, 0.2) is 5.67 Å². The van der Waals surface area contributed by atoms with Crippen molar-refractivity contribution < 1.29 is 31.9 Å². The Kier molecular flexibility index (Phi) is 3.46. The van der Waals surface area contributed by atoms with Crippen molar-refractivity contribution in [3.8, 4) is 0 Å². The van der Waals surface area contributed by atoms with Gasteiger partial charge >= 0.3 is 18.1 Å². The minimum absolute atomic E-state index is 0.0883. The third-order valence-corrected chi connectivity index (χ3v) is 2.72. The molecule has 0 spiro atoms. The van der Waals surface area contributed by atoms with E-state index in [9.17, 15) is 27.2 Å². The van der Waals surface area contributed by atoms with Crippen LogP contribution in [-0.2, 0) is 15.2 Å². The Labute approximate surface area is 109 Å². The third-order valence-electron chi connectivity index (χ3n) is 2.72. The average molecular weight is 292 g/mol. The van der Waals surface area contributed by atoms with E-state index < -0.39 is 29.5 Å². The van der Waals surface area contributed by atoms with Gasteiger partial charge in [-0.1, -0.05) is 6.07 Å². The molecule has 1 N–H and O–H groups in total. The molecule has 0 atom stereocenters. The number of ether oxygens (including phenoxy) is 1. The summed E-state index contributed by atoms with van der Waals surface area (Å²) in [5.74, 6) is -4.17. The zero-order valence-electron chi connectivity index (χ0n) is 9.83. The van der Waals surface area contributed by atoms with Gasteiger partial charge in [-0.2, -0.15) is 13.2 Å². The predicted molar refractivity (Wildman–Crippen MR) is 56.4 cm³/mol. The topological polar surface area (TPSA) is 68.3 Å². The number of carbonyl (C=O) groups is 2. The summed E-state index contributed by atoms with van der Waals surface area (Å²) in [4.78, 5) is 25.2. The molecular weight excluding hydrogens is 284 g/mol. The van der Waals surface area contributed by atoms with Gasteiger partial charge in [-0.05, 0) is 6.07 Å². The minimum Gasteiger partial charge on any atom is -0.381 e. The standard InChI is InChI=1S/C11H8F4N2O3/c12-10(4-16-5-10)6-1-2-7(17-3-6)8(18)20-9(19)11(13,14)15/h1-3,16H,4-5H2. The second kappa shape index (κ2) is 4.82. The third kappa shape index (κ3) is 2.77. The molecule has 2 rings (SSSR count). The lowest BCUT2D eigenvalue weighted by atomic mass is 9.91. The average Bonchev–Trinajstić information content (AvgIpc) is 2.35. The van der Waals surface area contributed by atoms with Crippen LogP contribution in [0.15, 0.2) is 18.3 Å². The molecular formula is C11H8F4N2O3. The van der Waals surface area contributed by atoms with Gasteiger partial charge in [0.2, 0.25) is 0 Å². The van der Waals surface area contributed by atoms with Crippen molar-refractivity contribution in [2.24, 2.45) is 0 Å². The lowest BCUT2D eigenvalue weighted by molar-refractivity contribution is -0.193. The Balaban J connectivity index is 2.06. The minimum atomic E-state index is -5.27. The number of esters is 2. The van der Waals surface area contributed by atoms with Crippen LogP contribution >= 0.6 is 0 Å². The van der Waals surface area contributed by atoms with Gasteiger partial charge in [0.25, 0.3) is 0 Å². The molecule has 0 aliphatic carbocycles. The van der Waals surface area contributed by atoms with Gasteiger partial charge in [0.05, 0.1) is 0 Å². The van der Waals surface area contributed by atoms with Crippen LogP contribution < -0.4 is 5.32 Å². The number of carbonyl (C=O) groups excluding carboxylic acids is 2. The molecule has 0 radical (unpaired) electrons. The number of alkyl halides is 4. The summed E-state index contributed by atoms with van der Waals surface area (Å²) in [6, 6.07) is 2.21. The van der Waals surface area contributed by atoms with E-state index in [0.717, 1.165) is 12.3 Å². The molecule has 0 saturated carbocycles. The summed E-state index contributed by atoms with van der Waals surface area (Å²) in [5.41, 5.74) is -1.92. The SMILES string of the molecule is O=C(OC(=O)C(F)(F)F)c1ccc(C2(F)CNC2)cn1. The molecule has 5 nitrogen and oxygen atoms in total. The van der Waals surface area contributed by atoms with Crippen LogP contribution in [0.3, 0.4) is 0 Å². The maximum Gasteiger partial charge on any atom is 0.491 e. The van der Waals surface area contributed by atoms with Crippen molar-refractivity contribution in [3.63, 3.8) is 0 Å². The van der Waals surface area contributed by atoms with E-state index in [1.54, 1.807) is 0 Å². The molecule has 0 unspecified atom stereocenters. The monoisotopic (exact) mass is 292 g/mol. The molecule has 108 valence electrons. The summed E-state index contributed by atoms with van der Waals surface area (Å²) >= 11 is 0.